The van der Waals surface area contributed by atoms with Crippen molar-refractivity contribution in [1.29, 1.82) is 0 Å². The maximum absolute atomic E-state index is 13.5. The number of nitrogens with zero attached hydrogens (tertiary/aromatic N) is 3. The number of nitrogens with two attached hydrogens (primary N) is 1. The van der Waals surface area contributed by atoms with Crippen molar-refractivity contribution in [3.05, 3.63) is 38.2 Å². The molecule has 3 N–H and O–H groups in total. The number of likely N-dealkylation sites (tertiary alicyclic amines) is 1. The first-order valence-corrected chi connectivity index (χ1v) is 10.6. The molecular weight excluding hydrogens is 370 g/mol. The van der Waals surface area contributed by atoms with Crippen molar-refractivity contribution in [3.63, 3.8) is 0 Å². The lowest BCUT2D eigenvalue weighted by atomic mass is 9.91. The number of amides is 1. The van der Waals surface area contributed by atoms with E-state index in [1.54, 1.807) is 11.0 Å². The van der Waals surface area contributed by atoms with E-state index in [4.69, 9.17) is 5.73 Å². The maximum atomic E-state index is 13.5. The van der Waals surface area contributed by atoms with Gasteiger partial charge in [0.2, 0.25) is 0 Å². The fourth-order valence-electron chi connectivity index (χ4n) is 4.28. The number of nitrogens with one attached hydrogen (secondary N) is 1. The molecule has 8 heteroatoms. The number of aryl methyl sites for hydroxylation is 1. The number of carbonyl (C=O) groups is 1. The normalized spacial score (nSPS) is 20.8. The van der Waals surface area contributed by atoms with Crippen LogP contribution in [0.5, 0.6) is 0 Å². The van der Waals surface area contributed by atoms with Gasteiger partial charge in [0.25, 0.3) is 11.5 Å². The number of carbonyl (C=O) groups excluding carboxylic acids is 1. The van der Waals surface area contributed by atoms with Crippen LogP contribution in [0.2, 0.25) is 0 Å². The molecule has 29 heavy (non-hydrogen) atoms. The smallest absolute Gasteiger partial charge is 0.329 e. The molecule has 2 unspecified atom stereocenters. The van der Waals surface area contributed by atoms with Crippen LogP contribution < -0.4 is 17.0 Å². The molecule has 2 aromatic heterocycles. The topological polar surface area (TPSA) is 114 Å². The average molecular weight is 399 g/mol. The van der Waals surface area contributed by atoms with Gasteiger partial charge in [-0.15, -0.1) is 0 Å². The summed E-state index contributed by atoms with van der Waals surface area (Å²) in [5, 5.41) is 0.218. The van der Waals surface area contributed by atoms with Crippen molar-refractivity contribution < 1.29 is 4.79 Å². The number of hydrogen-bond acceptors (Lipinski definition) is 5. The summed E-state index contributed by atoms with van der Waals surface area (Å²) in [7, 11) is 0. The van der Waals surface area contributed by atoms with Crippen LogP contribution in [-0.2, 0) is 6.54 Å². The predicted molar refractivity (Wildman–Crippen MR) is 111 cm³/mol. The SMILES string of the molecule is CCCn1c(=O)[nH]c(=O)c2c(C(=O)N3CCCC(C(C)N)C3)cc(C3CC3)nc21. The zero-order valence-corrected chi connectivity index (χ0v) is 17.1. The lowest BCUT2D eigenvalue weighted by Crippen LogP contribution is -2.45. The highest BCUT2D eigenvalue weighted by Crippen LogP contribution is 2.40. The molecule has 156 valence electrons. The van der Waals surface area contributed by atoms with Gasteiger partial charge in [0, 0.05) is 37.3 Å². The number of piperidine rings is 1. The summed E-state index contributed by atoms with van der Waals surface area (Å²) >= 11 is 0. The molecule has 3 heterocycles. The molecule has 4 rings (SSSR count). The summed E-state index contributed by atoms with van der Waals surface area (Å²) in [5.41, 5.74) is 6.55. The Kier molecular flexibility index (Phi) is 5.29. The van der Waals surface area contributed by atoms with Gasteiger partial charge in [-0.1, -0.05) is 6.92 Å². The lowest BCUT2D eigenvalue weighted by molar-refractivity contribution is 0.0662. The van der Waals surface area contributed by atoms with Crippen LogP contribution in [0.25, 0.3) is 11.0 Å². The molecule has 2 aromatic rings. The van der Waals surface area contributed by atoms with Crippen molar-refractivity contribution >= 4 is 16.9 Å². The molecule has 2 aliphatic rings. The quantitative estimate of drug-likeness (QED) is 0.792. The summed E-state index contributed by atoms with van der Waals surface area (Å²) in [4.78, 5) is 47.5. The van der Waals surface area contributed by atoms with Gasteiger partial charge in [0.05, 0.1) is 10.9 Å². The minimum atomic E-state index is -0.545. The standard InChI is InChI=1S/C21H29N5O3/c1-3-8-26-18-17(19(27)24-21(26)29)15(10-16(23-18)13-6-7-13)20(28)25-9-4-5-14(11-25)12(2)22/h10,12-14H,3-9,11,22H2,1-2H3,(H,24,27,29). The second-order valence-corrected chi connectivity index (χ2v) is 8.49. The van der Waals surface area contributed by atoms with Crippen molar-refractivity contribution in [2.24, 2.45) is 11.7 Å². The average Bonchev–Trinajstić information content (AvgIpc) is 3.55. The van der Waals surface area contributed by atoms with E-state index in [0.717, 1.165) is 37.8 Å². The Hall–Kier alpha value is -2.48. The van der Waals surface area contributed by atoms with Gasteiger partial charge in [0.15, 0.2) is 5.65 Å². The Balaban J connectivity index is 1.87. The highest BCUT2D eigenvalue weighted by Gasteiger charge is 2.32. The molecule has 1 aliphatic carbocycles. The van der Waals surface area contributed by atoms with Crippen LogP contribution in [0.4, 0.5) is 0 Å². The van der Waals surface area contributed by atoms with Crippen molar-refractivity contribution in [3.8, 4) is 0 Å². The summed E-state index contributed by atoms with van der Waals surface area (Å²) in [6.07, 6.45) is 4.66. The first-order chi connectivity index (χ1) is 13.9. The van der Waals surface area contributed by atoms with Gasteiger partial charge in [-0.05, 0) is 51.0 Å². The van der Waals surface area contributed by atoms with Gasteiger partial charge >= 0.3 is 5.69 Å². The summed E-state index contributed by atoms with van der Waals surface area (Å²) in [5.74, 6) is 0.380. The molecule has 1 aliphatic heterocycles. The molecule has 1 amide bonds. The fraction of sp³-hybridized carbons (Fsp3) is 0.619. The van der Waals surface area contributed by atoms with E-state index in [1.807, 2.05) is 13.8 Å². The largest absolute Gasteiger partial charge is 0.338 e. The molecule has 2 atom stereocenters. The number of fused-ring (bicyclic) bond motifs is 1. The van der Waals surface area contributed by atoms with E-state index in [1.165, 1.54) is 4.57 Å². The summed E-state index contributed by atoms with van der Waals surface area (Å²) in [6.45, 7) is 5.61. The third-order valence-corrected chi connectivity index (χ3v) is 6.13. The summed E-state index contributed by atoms with van der Waals surface area (Å²) in [6, 6.07) is 1.79. The third-order valence-electron chi connectivity index (χ3n) is 6.13. The Morgan fingerprint density at radius 3 is 2.76 bits per heavy atom. The molecule has 0 radical (unpaired) electrons. The summed E-state index contributed by atoms with van der Waals surface area (Å²) < 4.78 is 1.49. The van der Waals surface area contributed by atoms with E-state index < -0.39 is 11.2 Å². The van der Waals surface area contributed by atoms with Gasteiger partial charge < -0.3 is 10.6 Å². The van der Waals surface area contributed by atoms with Gasteiger partial charge in [0.1, 0.15) is 0 Å². The van der Waals surface area contributed by atoms with Gasteiger partial charge in [-0.25, -0.2) is 9.78 Å². The maximum Gasteiger partial charge on any atom is 0.329 e. The van der Waals surface area contributed by atoms with Crippen LogP contribution in [-0.4, -0.2) is 44.5 Å². The third kappa shape index (κ3) is 3.73. The Morgan fingerprint density at radius 2 is 2.10 bits per heavy atom. The Bertz CT molecular complexity index is 1050. The highest BCUT2D eigenvalue weighted by molar-refractivity contribution is 6.05. The van der Waals surface area contributed by atoms with E-state index in [2.05, 4.69) is 9.97 Å². The van der Waals surface area contributed by atoms with E-state index >= 15 is 0 Å². The Labute approximate surface area is 169 Å². The molecule has 2 fully saturated rings. The van der Waals surface area contributed by atoms with Crippen molar-refractivity contribution in [1.82, 2.24) is 19.4 Å². The van der Waals surface area contributed by atoms with Gasteiger partial charge in [-0.2, -0.15) is 0 Å². The number of rotatable bonds is 5. The van der Waals surface area contributed by atoms with E-state index in [9.17, 15) is 14.4 Å². The van der Waals surface area contributed by atoms with Gasteiger partial charge in [-0.3, -0.25) is 19.1 Å². The number of aromatic nitrogens is 3. The van der Waals surface area contributed by atoms with Crippen LogP contribution in [0.1, 0.15) is 67.9 Å². The molecule has 1 saturated heterocycles. The molecule has 1 saturated carbocycles. The molecular formula is C21H29N5O3. The number of aromatic amines is 1. The monoisotopic (exact) mass is 399 g/mol. The molecule has 0 bridgehead atoms. The zero-order valence-electron chi connectivity index (χ0n) is 17.1. The number of H-pyrrole nitrogens is 1. The number of hydrogen-bond donors (Lipinski definition) is 2. The van der Waals surface area contributed by atoms with Crippen molar-refractivity contribution in [2.45, 2.75) is 64.5 Å². The number of pyridine rings is 1. The first-order valence-electron chi connectivity index (χ1n) is 10.6. The molecule has 8 nitrogen and oxygen atoms in total. The zero-order chi connectivity index (χ0) is 20.7. The Morgan fingerprint density at radius 1 is 1.34 bits per heavy atom. The second kappa shape index (κ2) is 7.74. The van der Waals surface area contributed by atoms with Crippen LogP contribution in [0.3, 0.4) is 0 Å². The predicted octanol–water partition coefficient (Wildman–Crippen LogP) is 1.57. The first kappa shape index (κ1) is 19.8. The van der Waals surface area contributed by atoms with Crippen LogP contribution in [0.15, 0.2) is 15.7 Å². The van der Waals surface area contributed by atoms with Crippen LogP contribution in [0, 0.1) is 5.92 Å². The molecule has 0 aromatic carbocycles. The van der Waals surface area contributed by atoms with Crippen LogP contribution >= 0.6 is 0 Å². The second-order valence-electron chi connectivity index (χ2n) is 8.49. The molecule has 0 spiro atoms. The lowest BCUT2D eigenvalue weighted by Gasteiger charge is -2.34. The minimum Gasteiger partial charge on any atom is -0.338 e. The minimum absolute atomic E-state index is 0.0138. The fourth-order valence-corrected chi connectivity index (χ4v) is 4.28. The highest BCUT2D eigenvalue weighted by atomic mass is 16.2. The van der Waals surface area contributed by atoms with Crippen molar-refractivity contribution in [2.75, 3.05) is 13.1 Å². The van der Waals surface area contributed by atoms with E-state index in [0.29, 0.717) is 36.8 Å². The van der Waals surface area contributed by atoms with E-state index in [-0.39, 0.29) is 23.3 Å².